The van der Waals surface area contributed by atoms with Crippen molar-refractivity contribution in [2.24, 2.45) is 0 Å². The molecular formula is C25H28FN3O3. The van der Waals surface area contributed by atoms with Gasteiger partial charge in [-0.3, -0.25) is 0 Å². The first-order valence-corrected chi connectivity index (χ1v) is 10.8. The summed E-state index contributed by atoms with van der Waals surface area (Å²) in [5.41, 5.74) is 1.78. The topological polar surface area (TPSA) is 65.4 Å². The fourth-order valence-electron chi connectivity index (χ4n) is 3.48. The molecule has 32 heavy (non-hydrogen) atoms. The molecule has 1 aliphatic carbocycles. The van der Waals surface area contributed by atoms with E-state index in [2.05, 4.69) is 10.4 Å². The van der Waals surface area contributed by atoms with Crippen molar-refractivity contribution in [3.63, 3.8) is 0 Å². The Labute approximate surface area is 187 Å². The van der Waals surface area contributed by atoms with Gasteiger partial charge in [-0.15, -0.1) is 5.10 Å². The fraction of sp³-hybridized carbons (Fsp3) is 0.360. The average Bonchev–Trinajstić information content (AvgIpc) is 3.10. The Morgan fingerprint density at radius 3 is 2.56 bits per heavy atom. The smallest absolute Gasteiger partial charge is 0.435 e. The van der Waals surface area contributed by atoms with E-state index in [-0.39, 0.29) is 18.3 Å². The minimum atomic E-state index is -0.616. The number of carbonyl (C=O) groups excluding carboxylic acids is 1. The maximum atomic E-state index is 14.3. The van der Waals surface area contributed by atoms with Gasteiger partial charge in [0.1, 0.15) is 12.2 Å². The molecular weight excluding hydrogens is 409 g/mol. The van der Waals surface area contributed by atoms with Gasteiger partial charge in [0.2, 0.25) is 0 Å². The molecule has 0 aliphatic heterocycles. The van der Waals surface area contributed by atoms with Gasteiger partial charge in [-0.25, -0.2) is 9.18 Å². The van der Waals surface area contributed by atoms with Crippen LogP contribution in [-0.2, 0) is 11.3 Å². The number of rotatable bonds is 6. The minimum Gasteiger partial charge on any atom is -0.486 e. The third-order valence-corrected chi connectivity index (χ3v) is 5.27. The molecule has 1 heterocycles. The first kappa shape index (κ1) is 21.9. The molecule has 0 atom stereocenters. The molecule has 1 saturated carbocycles. The van der Waals surface area contributed by atoms with Crippen LogP contribution >= 0.6 is 0 Å². The molecule has 1 fully saturated rings. The fourth-order valence-corrected chi connectivity index (χ4v) is 3.48. The Morgan fingerprint density at radius 1 is 1.16 bits per heavy atom. The van der Waals surface area contributed by atoms with Crippen LogP contribution in [-0.4, -0.2) is 21.5 Å². The number of halogens is 1. The number of hydrogen-bond acceptors (Lipinski definition) is 5. The number of carbonyl (C=O) groups is 1. The molecule has 168 valence electrons. The zero-order valence-electron chi connectivity index (χ0n) is 18.6. The van der Waals surface area contributed by atoms with Gasteiger partial charge in [-0.05, 0) is 51.3 Å². The highest BCUT2D eigenvalue weighted by atomic mass is 19.1. The second-order valence-corrected chi connectivity index (χ2v) is 9.02. The molecule has 0 saturated heterocycles. The summed E-state index contributed by atoms with van der Waals surface area (Å²) in [6, 6.07) is 16.0. The van der Waals surface area contributed by atoms with E-state index in [1.165, 1.54) is 10.7 Å². The van der Waals surface area contributed by atoms with E-state index in [1.54, 1.807) is 12.1 Å². The molecule has 4 rings (SSSR count). The molecule has 0 radical (unpaired) electrons. The Balaban J connectivity index is 1.52. The van der Waals surface area contributed by atoms with Crippen molar-refractivity contribution in [3.8, 4) is 5.75 Å². The molecule has 3 aromatic rings. The SMILES string of the molecule is CC(C)(C)OC(=O)n1nc(Nc2ccc(F)c(OCc3ccccc3)c2)cc1C1CCC1. The van der Waals surface area contributed by atoms with Crippen LogP contribution in [0, 0.1) is 5.82 Å². The van der Waals surface area contributed by atoms with Gasteiger partial charge in [0.15, 0.2) is 17.4 Å². The van der Waals surface area contributed by atoms with E-state index in [4.69, 9.17) is 9.47 Å². The van der Waals surface area contributed by atoms with Crippen LogP contribution in [0.4, 0.5) is 20.7 Å². The highest BCUT2D eigenvalue weighted by Crippen LogP contribution is 2.38. The molecule has 0 amide bonds. The largest absolute Gasteiger partial charge is 0.486 e. The number of benzene rings is 2. The van der Waals surface area contributed by atoms with Gasteiger partial charge in [0.05, 0.1) is 5.69 Å². The molecule has 1 aromatic heterocycles. The Bertz CT molecular complexity index is 1090. The number of nitrogens with zero attached hydrogens (tertiary/aromatic N) is 2. The predicted octanol–water partition coefficient (Wildman–Crippen LogP) is 6.40. The monoisotopic (exact) mass is 437 g/mol. The maximum Gasteiger partial charge on any atom is 0.435 e. The molecule has 0 spiro atoms. The summed E-state index contributed by atoms with van der Waals surface area (Å²) in [5, 5.41) is 7.60. The first-order chi connectivity index (χ1) is 15.3. The summed E-state index contributed by atoms with van der Waals surface area (Å²) in [4.78, 5) is 12.7. The summed E-state index contributed by atoms with van der Waals surface area (Å²) in [6.45, 7) is 5.74. The lowest BCUT2D eigenvalue weighted by atomic mass is 9.83. The summed E-state index contributed by atoms with van der Waals surface area (Å²) < 4.78 is 26.8. The zero-order chi connectivity index (χ0) is 22.7. The standard InChI is InChI=1S/C25H28FN3O3/c1-25(2,3)32-24(30)29-21(18-10-7-11-18)15-23(28-29)27-19-12-13-20(26)22(14-19)31-16-17-8-5-4-6-9-17/h4-6,8-9,12-15,18H,7,10-11,16H2,1-3H3,(H,27,28). The van der Waals surface area contributed by atoms with Crippen molar-refractivity contribution >= 4 is 17.6 Å². The average molecular weight is 438 g/mol. The van der Waals surface area contributed by atoms with Crippen LogP contribution in [0.25, 0.3) is 0 Å². The van der Waals surface area contributed by atoms with E-state index in [1.807, 2.05) is 57.2 Å². The Hall–Kier alpha value is -3.35. The van der Waals surface area contributed by atoms with Gasteiger partial charge in [-0.2, -0.15) is 4.68 Å². The first-order valence-electron chi connectivity index (χ1n) is 10.8. The molecule has 0 bridgehead atoms. The third-order valence-electron chi connectivity index (χ3n) is 5.27. The highest BCUT2D eigenvalue weighted by Gasteiger charge is 2.29. The number of aromatic nitrogens is 2. The van der Waals surface area contributed by atoms with Crippen LogP contribution < -0.4 is 10.1 Å². The number of nitrogens with one attached hydrogen (secondary N) is 1. The van der Waals surface area contributed by atoms with Gasteiger partial charge >= 0.3 is 6.09 Å². The van der Waals surface area contributed by atoms with Crippen molar-refractivity contribution in [3.05, 3.63) is 71.7 Å². The minimum absolute atomic E-state index is 0.143. The summed E-state index contributed by atoms with van der Waals surface area (Å²) in [6.07, 6.45) is 2.66. The molecule has 0 unspecified atom stereocenters. The molecule has 6 nitrogen and oxygen atoms in total. The third kappa shape index (κ3) is 5.28. The highest BCUT2D eigenvalue weighted by molar-refractivity contribution is 5.72. The maximum absolute atomic E-state index is 14.3. The van der Waals surface area contributed by atoms with E-state index >= 15 is 0 Å². The van der Waals surface area contributed by atoms with E-state index in [0.717, 1.165) is 30.5 Å². The Kier molecular flexibility index (Phi) is 6.17. The van der Waals surface area contributed by atoms with Crippen LogP contribution in [0.3, 0.4) is 0 Å². The Morgan fingerprint density at radius 2 is 1.91 bits per heavy atom. The van der Waals surface area contributed by atoms with Gasteiger partial charge in [-0.1, -0.05) is 36.8 Å². The van der Waals surface area contributed by atoms with Crippen LogP contribution in [0.1, 0.15) is 57.2 Å². The molecule has 7 heteroatoms. The van der Waals surface area contributed by atoms with E-state index in [0.29, 0.717) is 11.5 Å². The van der Waals surface area contributed by atoms with Crippen LogP contribution in [0.15, 0.2) is 54.6 Å². The van der Waals surface area contributed by atoms with Crippen molar-refractivity contribution in [1.29, 1.82) is 0 Å². The van der Waals surface area contributed by atoms with Crippen LogP contribution in [0.2, 0.25) is 0 Å². The van der Waals surface area contributed by atoms with Gasteiger partial charge in [0, 0.05) is 23.7 Å². The van der Waals surface area contributed by atoms with E-state index in [9.17, 15) is 9.18 Å². The lowest BCUT2D eigenvalue weighted by molar-refractivity contribution is 0.0505. The van der Waals surface area contributed by atoms with Gasteiger partial charge < -0.3 is 14.8 Å². The number of hydrogen-bond donors (Lipinski definition) is 1. The zero-order valence-corrected chi connectivity index (χ0v) is 18.6. The van der Waals surface area contributed by atoms with Crippen molar-refractivity contribution in [1.82, 2.24) is 9.78 Å². The summed E-state index contributed by atoms with van der Waals surface area (Å²) >= 11 is 0. The molecule has 1 N–H and O–H groups in total. The molecule has 1 aliphatic rings. The summed E-state index contributed by atoms with van der Waals surface area (Å²) in [5.74, 6) is 0.479. The van der Waals surface area contributed by atoms with Gasteiger partial charge in [0.25, 0.3) is 0 Å². The van der Waals surface area contributed by atoms with Crippen molar-refractivity contribution in [2.45, 2.75) is 58.2 Å². The number of anilines is 2. The quantitative estimate of drug-likeness (QED) is 0.484. The number of ether oxygens (including phenoxy) is 2. The second kappa shape index (κ2) is 9.02. The second-order valence-electron chi connectivity index (χ2n) is 9.02. The predicted molar refractivity (Wildman–Crippen MR) is 121 cm³/mol. The normalized spacial score (nSPS) is 14.0. The van der Waals surface area contributed by atoms with Crippen LogP contribution in [0.5, 0.6) is 5.75 Å². The lowest BCUT2D eigenvalue weighted by Gasteiger charge is -2.26. The van der Waals surface area contributed by atoms with Crippen molar-refractivity contribution < 1.29 is 18.7 Å². The lowest BCUT2D eigenvalue weighted by Crippen LogP contribution is -2.30. The van der Waals surface area contributed by atoms with Crippen molar-refractivity contribution in [2.75, 3.05) is 5.32 Å². The summed E-state index contributed by atoms with van der Waals surface area (Å²) in [7, 11) is 0. The molecule has 2 aromatic carbocycles. The van der Waals surface area contributed by atoms with E-state index < -0.39 is 17.5 Å².